The number of piperidine rings is 1. The number of rotatable bonds is 4. The topological polar surface area (TPSA) is 12.5 Å². The van der Waals surface area contributed by atoms with Crippen molar-refractivity contribution in [3.63, 3.8) is 0 Å². The molecule has 72 valence electrons. The van der Waals surface area contributed by atoms with Crippen LogP contribution in [0.15, 0.2) is 0 Å². The van der Waals surface area contributed by atoms with Gasteiger partial charge in [-0.2, -0.15) is 5.06 Å². The third kappa shape index (κ3) is 3.50. The Kier molecular flexibility index (Phi) is 4.54. The first-order valence-corrected chi connectivity index (χ1v) is 4.85. The van der Waals surface area contributed by atoms with Crippen molar-refractivity contribution in [1.29, 1.82) is 0 Å². The van der Waals surface area contributed by atoms with Crippen LogP contribution in [0.3, 0.4) is 0 Å². The largest absolute Gasteiger partial charge is 0.299 e. The number of halogens is 1. The lowest BCUT2D eigenvalue weighted by atomic mass is 10.1. The van der Waals surface area contributed by atoms with Gasteiger partial charge in [-0.25, -0.2) is 4.39 Å². The van der Waals surface area contributed by atoms with Crippen molar-refractivity contribution in [2.75, 3.05) is 19.7 Å². The van der Waals surface area contributed by atoms with E-state index in [4.69, 9.17) is 4.84 Å². The highest BCUT2D eigenvalue weighted by Gasteiger charge is 2.18. The molecule has 0 amide bonds. The molecule has 12 heavy (non-hydrogen) atoms. The molecule has 1 unspecified atom stereocenters. The molecule has 1 saturated heterocycles. The first-order chi connectivity index (χ1) is 5.83. The summed E-state index contributed by atoms with van der Waals surface area (Å²) in [6.07, 6.45) is 3.14. The Hall–Kier alpha value is -0.150. The van der Waals surface area contributed by atoms with Crippen LogP contribution in [0, 0.1) is 0 Å². The molecule has 0 bridgehead atoms. The molecule has 1 fully saturated rings. The SMILES string of the molecule is CCCCON1CCCC(F)C1. The van der Waals surface area contributed by atoms with Crippen LogP contribution in [0.4, 0.5) is 4.39 Å². The summed E-state index contributed by atoms with van der Waals surface area (Å²) in [5, 5.41) is 1.77. The molecular weight excluding hydrogens is 157 g/mol. The Bertz CT molecular complexity index is 121. The second-order valence-electron chi connectivity index (χ2n) is 3.31. The first-order valence-electron chi connectivity index (χ1n) is 4.85. The Balaban J connectivity index is 2.06. The highest BCUT2D eigenvalue weighted by Crippen LogP contribution is 2.12. The van der Waals surface area contributed by atoms with Gasteiger partial charge in [0.05, 0.1) is 13.2 Å². The molecule has 0 aromatic carbocycles. The summed E-state index contributed by atoms with van der Waals surface area (Å²) in [7, 11) is 0. The quantitative estimate of drug-likeness (QED) is 0.607. The van der Waals surface area contributed by atoms with E-state index in [1.807, 2.05) is 0 Å². The highest BCUT2D eigenvalue weighted by atomic mass is 19.1. The lowest BCUT2D eigenvalue weighted by Crippen LogP contribution is -2.36. The highest BCUT2D eigenvalue weighted by molar-refractivity contribution is 4.66. The van der Waals surface area contributed by atoms with E-state index in [-0.39, 0.29) is 0 Å². The van der Waals surface area contributed by atoms with Crippen LogP contribution in [-0.4, -0.2) is 30.9 Å². The van der Waals surface area contributed by atoms with Crippen LogP contribution in [0.5, 0.6) is 0 Å². The van der Waals surface area contributed by atoms with Crippen LogP contribution in [0.2, 0.25) is 0 Å². The summed E-state index contributed by atoms with van der Waals surface area (Å²) in [6.45, 7) is 4.22. The average Bonchev–Trinajstić information content (AvgIpc) is 2.05. The molecule has 0 radical (unpaired) electrons. The average molecular weight is 175 g/mol. The molecule has 1 aliphatic heterocycles. The maximum absolute atomic E-state index is 12.8. The van der Waals surface area contributed by atoms with Gasteiger partial charge in [0.1, 0.15) is 6.17 Å². The van der Waals surface area contributed by atoms with Crippen molar-refractivity contribution in [2.24, 2.45) is 0 Å². The molecule has 1 aliphatic rings. The Morgan fingerprint density at radius 3 is 3.08 bits per heavy atom. The van der Waals surface area contributed by atoms with Crippen LogP contribution < -0.4 is 0 Å². The van der Waals surface area contributed by atoms with E-state index >= 15 is 0 Å². The molecule has 0 saturated carbocycles. The fourth-order valence-corrected chi connectivity index (χ4v) is 1.35. The minimum absolute atomic E-state index is 0.462. The number of hydroxylamine groups is 2. The van der Waals surface area contributed by atoms with Gasteiger partial charge in [-0.15, -0.1) is 0 Å². The number of hydrogen-bond acceptors (Lipinski definition) is 2. The Morgan fingerprint density at radius 2 is 2.42 bits per heavy atom. The lowest BCUT2D eigenvalue weighted by Gasteiger charge is -2.27. The van der Waals surface area contributed by atoms with Gasteiger partial charge in [0.15, 0.2) is 0 Å². The molecule has 0 aliphatic carbocycles. The molecule has 0 aromatic rings. The second kappa shape index (κ2) is 5.49. The summed E-state index contributed by atoms with van der Waals surface area (Å²) < 4.78 is 12.8. The van der Waals surface area contributed by atoms with E-state index in [0.717, 1.165) is 32.4 Å². The molecule has 0 N–H and O–H groups in total. The minimum Gasteiger partial charge on any atom is -0.299 e. The summed E-state index contributed by atoms with van der Waals surface area (Å²) in [5.41, 5.74) is 0. The molecule has 3 heteroatoms. The maximum Gasteiger partial charge on any atom is 0.115 e. The smallest absolute Gasteiger partial charge is 0.115 e. The van der Waals surface area contributed by atoms with Crippen LogP contribution in [0.1, 0.15) is 32.6 Å². The third-order valence-electron chi connectivity index (χ3n) is 2.10. The van der Waals surface area contributed by atoms with E-state index in [1.54, 1.807) is 5.06 Å². The molecule has 1 rings (SSSR count). The van der Waals surface area contributed by atoms with E-state index in [0.29, 0.717) is 13.0 Å². The Labute approximate surface area is 73.6 Å². The van der Waals surface area contributed by atoms with Crippen LogP contribution in [-0.2, 0) is 4.84 Å². The zero-order chi connectivity index (χ0) is 8.81. The van der Waals surface area contributed by atoms with Gasteiger partial charge >= 0.3 is 0 Å². The van der Waals surface area contributed by atoms with Gasteiger partial charge in [-0.1, -0.05) is 13.3 Å². The number of nitrogens with zero attached hydrogens (tertiary/aromatic N) is 1. The molecule has 0 aromatic heterocycles. The van der Waals surface area contributed by atoms with Crippen molar-refractivity contribution < 1.29 is 9.23 Å². The Morgan fingerprint density at radius 1 is 1.58 bits per heavy atom. The third-order valence-corrected chi connectivity index (χ3v) is 2.10. The summed E-state index contributed by atoms with van der Waals surface area (Å²) in [4.78, 5) is 5.39. The summed E-state index contributed by atoms with van der Waals surface area (Å²) in [5.74, 6) is 0. The lowest BCUT2D eigenvalue weighted by molar-refractivity contribution is -0.180. The fourth-order valence-electron chi connectivity index (χ4n) is 1.35. The van der Waals surface area contributed by atoms with Gasteiger partial charge in [-0.05, 0) is 19.3 Å². The molecule has 1 atom stereocenters. The van der Waals surface area contributed by atoms with Crippen LogP contribution in [0.25, 0.3) is 0 Å². The van der Waals surface area contributed by atoms with Gasteiger partial charge in [-0.3, -0.25) is 4.84 Å². The number of hydrogen-bond donors (Lipinski definition) is 0. The summed E-state index contributed by atoms with van der Waals surface area (Å²) >= 11 is 0. The standard InChI is InChI=1S/C9H18FNO/c1-2-3-7-12-11-6-4-5-9(10)8-11/h9H,2-8H2,1H3. The zero-order valence-corrected chi connectivity index (χ0v) is 7.76. The molecule has 2 nitrogen and oxygen atoms in total. The van der Waals surface area contributed by atoms with Crippen molar-refractivity contribution >= 4 is 0 Å². The van der Waals surface area contributed by atoms with E-state index in [2.05, 4.69) is 6.92 Å². The van der Waals surface area contributed by atoms with E-state index in [9.17, 15) is 4.39 Å². The van der Waals surface area contributed by atoms with Crippen molar-refractivity contribution in [2.45, 2.75) is 38.8 Å². The normalized spacial score (nSPS) is 26.0. The maximum atomic E-state index is 12.8. The first kappa shape index (κ1) is 9.93. The van der Waals surface area contributed by atoms with E-state index in [1.165, 1.54) is 0 Å². The second-order valence-corrected chi connectivity index (χ2v) is 3.31. The molecule has 0 spiro atoms. The zero-order valence-electron chi connectivity index (χ0n) is 7.76. The van der Waals surface area contributed by atoms with E-state index < -0.39 is 6.17 Å². The minimum atomic E-state index is -0.680. The van der Waals surface area contributed by atoms with Gasteiger partial charge in [0.25, 0.3) is 0 Å². The van der Waals surface area contributed by atoms with Crippen molar-refractivity contribution in [1.82, 2.24) is 5.06 Å². The fraction of sp³-hybridized carbons (Fsp3) is 1.00. The van der Waals surface area contributed by atoms with Crippen molar-refractivity contribution in [3.05, 3.63) is 0 Å². The number of unbranched alkanes of at least 4 members (excludes halogenated alkanes) is 1. The van der Waals surface area contributed by atoms with Crippen LogP contribution >= 0.6 is 0 Å². The van der Waals surface area contributed by atoms with Gasteiger partial charge in [0.2, 0.25) is 0 Å². The predicted molar refractivity (Wildman–Crippen MR) is 46.6 cm³/mol. The van der Waals surface area contributed by atoms with Crippen molar-refractivity contribution in [3.8, 4) is 0 Å². The predicted octanol–water partition coefficient (Wildman–Crippen LogP) is 2.15. The monoisotopic (exact) mass is 175 g/mol. The van der Waals surface area contributed by atoms with Gasteiger partial charge < -0.3 is 0 Å². The molecule has 1 heterocycles. The number of alkyl halides is 1. The van der Waals surface area contributed by atoms with Gasteiger partial charge in [0, 0.05) is 6.54 Å². The molecular formula is C9H18FNO. The summed E-state index contributed by atoms with van der Waals surface area (Å²) in [6, 6.07) is 0.